The number of carbonyl (C=O) groups excluding carboxylic acids is 1. The fourth-order valence-electron chi connectivity index (χ4n) is 1.56. The largest absolute Gasteiger partial charge is 0.486 e. The molecule has 0 saturated carbocycles. The fourth-order valence-corrected chi connectivity index (χ4v) is 2.56. The minimum Gasteiger partial charge on any atom is -0.486 e. The van der Waals surface area contributed by atoms with Crippen molar-refractivity contribution in [2.24, 2.45) is 0 Å². The van der Waals surface area contributed by atoms with Crippen LogP contribution in [0.25, 0.3) is 0 Å². The van der Waals surface area contributed by atoms with Crippen molar-refractivity contribution in [1.29, 1.82) is 0 Å². The molecular weight excluding hydrogens is 280 g/mol. The Morgan fingerprint density at radius 1 is 1.40 bits per heavy atom. The van der Waals surface area contributed by atoms with Gasteiger partial charge in [0.25, 0.3) is 0 Å². The molecule has 114 valence electrons. The lowest BCUT2D eigenvalue weighted by Crippen LogP contribution is -2.10. The van der Waals surface area contributed by atoms with E-state index in [1.807, 2.05) is 13.8 Å². The lowest BCUT2D eigenvalue weighted by molar-refractivity contribution is 0.0607. The fraction of sp³-hybridized carbons (Fsp3) is 0.615. The first-order valence-electron chi connectivity index (χ1n) is 6.41. The third-order valence-corrected chi connectivity index (χ3v) is 3.56. The number of anilines is 2. The van der Waals surface area contributed by atoms with Gasteiger partial charge in [0.1, 0.15) is 15.6 Å². The number of ether oxygens (including phenoxy) is 3. The number of thiophene rings is 1. The Hall–Kier alpha value is -1.47. The Balaban J connectivity index is 2.91. The summed E-state index contributed by atoms with van der Waals surface area (Å²) in [4.78, 5) is 12.0. The highest BCUT2D eigenvalue weighted by Crippen LogP contribution is 2.43. The van der Waals surface area contributed by atoms with Crippen molar-refractivity contribution < 1.29 is 19.0 Å². The summed E-state index contributed by atoms with van der Waals surface area (Å²) < 4.78 is 15.4. The van der Waals surface area contributed by atoms with Gasteiger partial charge in [-0.3, -0.25) is 0 Å². The smallest absolute Gasteiger partial charge is 0.350 e. The lowest BCUT2D eigenvalue weighted by Gasteiger charge is -2.12. The number of esters is 1. The summed E-state index contributed by atoms with van der Waals surface area (Å²) in [5.74, 6) is 0.0638. The number of nitrogens with one attached hydrogen (secondary N) is 1. The summed E-state index contributed by atoms with van der Waals surface area (Å²) in [6, 6.07) is 0. The number of hydrogen-bond acceptors (Lipinski definition) is 7. The van der Waals surface area contributed by atoms with Gasteiger partial charge in [0, 0.05) is 20.3 Å². The summed E-state index contributed by atoms with van der Waals surface area (Å²) in [7, 11) is 2.99. The van der Waals surface area contributed by atoms with E-state index in [-0.39, 0.29) is 6.10 Å². The minimum atomic E-state index is -0.453. The maximum Gasteiger partial charge on any atom is 0.350 e. The third-order valence-electron chi connectivity index (χ3n) is 2.43. The molecule has 0 unspecified atom stereocenters. The van der Waals surface area contributed by atoms with Crippen LogP contribution in [0.4, 0.5) is 10.7 Å². The van der Waals surface area contributed by atoms with Crippen LogP contribution in [0.3, 0.4) is 0 Å². The molecule has 0 aliphatic rings. The topological polar surface area (TPSA) is 82.8 Å². The third kappa shape index (κ3) is 4.28. The molecule has 3 N–H and O–H groups in total. The second kappa shape index (κ2) is 7.96. The van der Waals surface area contributed by atoms with Crippen LogP contribution in [0.1, 0.15) is 29.9 Å². The van der Waals surface area contributed by atoms with Gasteiger partial charge >= 0.3 is 5.97 Å². The number of hydrogen-bond donors (Lipinski definition) is 2. The molecule has 20 heavy (non-hydrogen) atoms. The van der Waals surface area contributed by atoms with E-state index in [9.17, 15) is 4.79 Å². The molecule has 0 amide bonds. The molecule has 0 atom stereocenters. The van der Waals surface area contributed by atoms with E-state index in [0.717, 1.165) is 11.4 Å². The Morgan fingerprint density at radius 2 is 2.10 bits per heavy atom. The van der Waals surface area contributed by atoms with Crippen molar-refractivity contribution in [1.82, 2.24) is 0 Å². The predicted molar refractivity (Wildman–Crippen MR) is 80.8 cm³/mol. The van der Waals surface area contributed by atoms with Gasteiger partial charge in [-0.2, -0.15) is 0 Å². The SMILES string of the molecule is COCCCNc1sc(C(=O)OC)c(N)c1OC(C)C. The van der Waals surface area contributed by atoms with Gasteiger partial charge in [-0.05, 0) is 20.3 Å². The average Bonchev–Trinajstić information content (AvgIpc) is 2.71. The average molecular weight is 302 g/mol. The van der Waals surface area contributed by atoms with Gasteiger partial charge in [0.2, 0.25) is 0 Å². The molecule has 0 saturated heterocycles. The standard InChI is InChI=1S/C13H22N2O4S/c1-8(2)19-10-9(14)11(13(16)18-4)20-12(10)15-6-5-7-17-3/h8,15H,5-7,14H2,1-4H3. The summed E-state index contributed by atoms with van der Waals surface area (Å²) in [5.41, 5.74) is 6.30. The van der Waals surface area contributed by atoms with Crippen LogP contribution in [-0.4, -0.2) is 39.4 Å². The zero-order valence-electron chi connectivity index (χ0n) is 12.3. The van der Waals surface area contributed by atoms with Crippen LogP contribution in [0, 0.1) is 0 Å². The van der Waals surface area contributed by atoms with Gasteiger partial charge in [0.15, 0.2) is 5.75 Å². The van der Waals surface area contributed by atoms with Crippen LogP contribution < -0.4 is 15.8 Å². The highest BCUT2D eigenvalue weighted by Gasteiger charge is 2.23. The van der Waals surface area contributed by atoms with Crippen molar-refractivity contribution in [2.75, 3.05) is 38.4 Å². The van der Waals surface area contributed by atoms with Gasteiger partial charge in [0.05, 0.1) is 13.2 Å². The van der Waals surface area contributed by atoms with Crippen molar-refractivity contribution >= 4 is 28.0 Å². The molecule has 0 bridgehead atoms. The van der Waals surface area contributed by atoms with Gasteiger partial charge in [-0.1, -0.05) is 0 Å². The maximum atomic E-state index is 11.7. The molecule has 0 aliphatic heterocycles. The monoisotopic (exact) mass is 302 g/mol. The second-order valence-corrected chi connectivity index (χ2v) is 5.46. The molecule has 1 heterocycles. The maximum absolute atomic E-state index is 11.7. The first-order valence-corrected chi connectivity index (χ1v) is 7.22. The van der Waals surface area contributed by atoms with E-state index < -0.39 is 5.97 Å². The van der Waals surface area contributed by atoms with E-state index in [2.05, 4.69) is 5.32 Å². The van der Waals surface area contributed by atoms with Crippen molar-refractivity contribution in [3.05, 3.63) is 4.88 Å². The number of nitrogen functional groups attached to an aromatic ring is 1. The highest BCUT2D eigenvalue weighted by molar-refractivity contribution is 7.19. The second-order valence-electron chi connectivity index (χ2n) is 4.43. The zero-order valence-corrected chi connectivity index (χ0v) is 13.1. The number of methoxy groups -OCH3 is 2. The Kier molecular flexibility index (Phi) is 6.60. The van der Waals surface area contributed by atoms with Crippen LogP contribution >= 0.6 is 11.3 Å². The first kappa shape index (κ1) is 16.6. The van der Waals surface area contributed by atoms with Crippen LogP contribution in [0.2, 0.25) is 0 Å². The van der Waals surface area contributed by atoms with Crippen molar-refractivity contribution in [3.63, 3.8) is 0 Å². The quantitative estimate of drug-likeness (QED) is 0.566. The molecule has 0 fully saturated rings. The van der Waals surface area contributed by atoms with Crippen molar-refractivity contribution in [2.45, 2.75) is 26.4 Å². The first-order chi connectivity index (χ1) is 9.51. The van der Waals surface area contributed by atoms with E-state index in [4.69, 9.17) is 19.9 Å². The summed E-state index contributed by atoms with van der Waals surface area (Å²) in [5, 5.41) is 3.96. The van der Waals surface area contributed by atoms with E-state index in [1.54, 1.807) is 7.11 Å². The number of rotatable bonds is 8. The molecule has 6 nitrogen and oxygen atoms in total. The number of nitrogens with two attached hydrogens (primary N) is 1. The minimum absolute atomic E-state index is 0.0306. The van der Waals surface area contributed by atoms with E-state index >= 15 is 0 Å². The van der Waals surface area contributed by atoms with Gasteiger partial charge in [-0.25, -0.2) is 4.79 Å². The highest BCUT2D eigenvalue weighted by atomic mass is 32.1. The molecule has 7 heteroatoms. The Bertz CT molecular complexity index is 446. The van der Waals surface area contributed by atoms with E-state index in [1.165, 1.54) is 18.4 Å². The van der Waals surface area contributed by atoms with Crippen LogP contribution in [-0.2, 0) is 9.47 Å². The Morgan fingerprint density at radius 3 is 2.65 bits per heavy atom. The molecule has 1 rings (SSSR count). The number of carbonyl (C=O) groups is 1. The van der Waals surface area contributed by atoms with Crippen LogP contribution in [0.15, 0.2) is 0 Å². The molecule has 0 spiro atoms. The Labute approximate surface area is 123 Å². The predicted octanol–water partition coefficient (Wildman–Crippen LogP) is 2.35. The normalized spacial score (nSPS) is 10.7. The van der Waals surface area contributed by atoms with Crippen molar-refractivity contribution in [3.8, 4) is 5.75 Å². The van der Waals surface area contributed by atoms with E-state index in [0.29, 0.717) is 29.5 Å². The molecular formula is C13H22N2O4S. The molecule has 1 aromatic rings. The van der Waals surface area contributed by atoms with Gasteiger partial charge < -0.3 is 25.3 Å². The molecule has 0 aliphatic carbocycles. The zero-order chi connectivity index (χ0) is 15.1. The summed E-state index contributed by atoms with van der Waals surface area (Å²) >= 11 is 1.24. The van der Waals surface area contributed by atoms with Gasteiger partial charge in [-0.15, -0.1) is 11.3 Å². The molecule has 1 aromatic heterocycles. The summed E-state index contributed by atoms with van der Waals surface area (Å²) in [6.45, 7) is 5.19. The lowest BCUT2D eigenvalue weighted by atomic mass is 10.3. The molecule has 0 radical (unpaired) electrons. The summed E-state index contributed by atoms with van der Waals surface area (Å²) in [6.07, 6.45) is 0.820. The molecule has 0 aromatic carbocycles. The van der Waals surface area contributed by atoms with Crippen LogP contribution in [0.5, 0.6) is 5.75 Å².